The van der Waals surface area contributed by atoms with Crippen LogP contribution in [0.1, 0.15) is 22.6 Å². The van der Waals surface area contributed by atoms with Crippen molar-refractivity contribution in [1.29, 1.82) is 0 Å². The summed E-state index contributed by atoms with van der Waals surface area (Å²) in [5.74, 6) is -0.720. The molecule has 0 fully saturated rings. The molecular formula is C14H11ClFN2O. The molecule has 5 heteroatoms. The van der Waals surface area contributed by atoms with E-state index < -0.39 is 5.82 Å². The van der Waals surface area contributed by atoms with E-state index in [1.54, 1.807) is 6.07 Å². The molecule has 1 aromatic heterocycles. The third-order valence-corrected chi connectivity index (χ3v) is 3.42. The van der Waals surface area contributed by atoms with Crippen LogP contribution >= 0.6 is 11.6 Å². The average Bonchev–Trinajstić information content (AvgIpc) is 2.95. The summed E-state index contributed by atoms with van der Waals surface area (Å²) in [6.45, 7) is 0.815. The molecule has 1 aromatic carbocycles. The van der Waals surface area contributed by atoms with Crippen molar-refractivity contribution in [1.82, 2.24) is 4.57 Å². The smallest absolute Gasteiger partial charge is 0.272 e. The summed E-state index contributed by atoms with van der Waals surface area (Å²) in [5.41, 5.74) is 2.14. The fraction of sp³-hybridized carbons (Fsp3) is 0.143. The van der Waals surface area contributed by atoms with Crippen LogP contribution in [0.2, 0.25) is 5.02 Å². The van der Waals surface area contributed by atoms with E-state index in [9.17, 15) is 9.18 Å². The van der Waals surface area contributed by atoms with Gasteiger partial charge in [0.25, 0.3) is 5.91 Å². The molecule has 1 N–H and O–H groups in total. The van der Waals surface area contributed by atoms with Gasteiger partial charge < -0.3 is 9.88 Å². The standard InChI is InChI=1S/C14H11ClFN2O/c15-11-8-9(3-5-12(11)16)17-14(19)13-6-4-10-2-1-7-18(10)13/h2-6,8H,1,7H2,(H,17,19). The maximum atomic E-state index is 13.0. The van der Waals surface area contributed by atoms with Crippen LogP contribution in [0.3, 0.4) is 0 Å². The van der Waals surface area contributed by atoms with Crippen molar-refractivity contribution in [2.75, 3.05) is 5.32 Å². The minimum absolute atomic E-state index is 0.00785. The van der Waals surface area contributed by atoms with E-state index in [0.717, 1.165) is 18.7 Å². The largest absolute Gasteiger partial charge is 0.340 e. The second-order valence-electron chi connectivity index (χ2n) is 4.37. The van der Waals surface area contributed by atoms with E-state index in [2.05, 4.69) is 11.7 Å². The number of nitrogens with one attached hydrogen (secondary N) is 1. The van der Waals surface area contributed by atoms with Gasteiger partial charge in [-0.3, -0.25) is 4.79 Å². The zero-order valence-corrected chi connectivity index (χ0v) is 10.7. The minimum atomic E-state index is -0.502. The first-order valence-corrected chi connectivity index (χ1v) is 6.32. The summed E-state index contributed by atoms with van der Waals surface area (Å²) in [6.07, 6.45) is 3.03. The van der Waals surface area contributed by atoms with Gasteiger partial charge in [-0.15, -0.1) is 0 Å². The zero-order chi connectivity index (χ0) is 13.4. The summed E-state index contributed by atoms with van der Waals surface area (Å²) in [7, 11) is 0. The highest BCUT2D eigenvalue weighted by Gasteiger charge is 2.19. The van der Waals surface area contributed by atoms with Crippen molar-refractivity contribution in [3.05, 3.63) is 59.0 Å². The van der Waals surface area contributed by atoms with E-state index in [-0.39, 0.29) is 10.9 Å². The van der Waals surface area contributed by atoms with Gasteiger partial charge in [-0.2, -0.15) is 0 Å². The Hall–Kier alpha value is -1.81. The van der Waals surface area contributed by atoms with Crippen LogP contribution < -0.4 is 5.32 Å². The molecule has 0 atom stereocenters. The van der Waals surface area contributed by atoms with Crippen molar-refractivity contribution in [2.45, 2.75) is 13.0 Å². The van der Waals surface area contributed by atoms with Gasteiger partial charge in [0.1, 0.15) is 11.5 Å². The van der Waals surface area contributed by atoms with Gasteiger partial charge in [0.2, 0.25) is 0 Å². The lowest BCUT2D eigenvalue weighted by molar-refractivity contribution is 0.101. The van der Waals surface area contributed by atoms with Crippen molar-refractivity contribution in [3.63, 3.8) is 0 Å². The molecule has 1 radical (unpaired) electrons. The number of halogens is 2. The quantitative estimate of drug-likeness (QED) is 0.896. The molecule has 0 unspecified atom stereocenters. The molecule has 3 rings (SSSR count). The topological polar surface area (TPSA) is 34.0 Å². The van der Waals surface area contributed by atoms with Crippen molar-refractivity contribution in [2.24, 2.45) is 0 Å². The Bertz CT molecular complexity index is 651. The van der Waals surface area contributed by atoms with E-state index in [1.165, 1.54) is 18.2 Å². The second kappa shape index (κ2) is 4.70. The Kier molecular flexibility index (Phi) is 3.03. The van der Waals surface area contributed by atoms with Crippen molar-refractivity contribution < 1.29 is 9.18 Å². The number of hydrogen-bond donors (Lipinski definition) is 1. The SMILES string of the molecule is O=C(Nc1ccc(F)c(Cl)c1)c1ccc2n1CC[CH]2. The van der Waals surface area contributed by atoms with Crippen LogP contribution in [0.25, 0.3) is 0 Å². The third kappa shape index (κ3) is 2.24. The van der Waals surface area contributed by atoms with Gasteiger partial charge in [-0.05, 0) is 36.8 Å². The average molecular weight is 278 g/mol. The molecule has 19 heavy (non-hydrogen) atoms. The number of amides is 1. The highest BCUT2D eigenvalue weighted by molar-refractivity contribution is 6.31. The van der Waals surface area contributed by atoms with Crippen LogP contribution in [0.15, 0.2) is 30.3 Å². The van der Waals surface area contributed by atoms with Gasteiger partial charge in [0.05, 0.1) is 5.02 Å². The van der Waals surface area contributed by atoms with Crippen LogP contribution in [0.5, 0.6) is 0 Å². The molecule has 1 aliphatic rings. The maximum Gasteiger partial charge on any atom is 0.272 e. The second-order valence-corrected chi connectivity index (χ2v) is 4.78. The van der Waals surface area contributed by atoms with E-state index in [4.69, 9.17) is 11.6 Å². The minimum Gasteiger partial charge on any atom is -0.340 e. The third-order valence-electron chi connectivity index (χ3n) is 3.13. The van der Waals surface area contributed by atoms with E-state index >= 15 is 0 Å². The Morgan fingerprint density at radius 2 is 2.16 bits per heavy atom. The number of benzene rings is 1. The molecule has 0 bridgehead atoms. The molecule has 2 aromatic rings. The lowest BCUT2D eigenvalue weighted by Gasteiger charge is -2.08. The first-order valence-electron chi connectivity index (χ1n) is 5.94. The molecule has 97 valence electrons. The monoisotopic (exact) mass is 277 g/mol. The highest BCUT2D eigenvalue weighted by Crippen LogP contribution is 2.23. The number of nitrogens with zero attached hydrogens (tertiary/aromatic N) is 1. The van der Waals surface area contributed by atoms with Crippen LogP contribution in [-0.4, -0.2) is 10.5 Å². The first-order chi connectivity index (χ1) is 9.15. The zero-order valence-electron chi connectivity index (χ0n) is 9.99. The number of rotatable bonds is 2. The predicted molar refractivity (Wildman–Crippen MR) is 71.8 cm³/mol. The van der Waals surface area contributed by atoms with Gasteiger partial charge in [-0.25, -0.2) is 4.39 Å². The normalized spacial score (nSPS) is 13.4. The molecule has 1 aliphatic heterocycles. The van der Waals surface area contributed by atoms with Crippen molar-refractivity contribution >= 4 is 23.2 Å². The van der Waals surface area contributed by atoms with Gasteiger partial charge in [0.15, 0.2) is 0 Å². The Labute approximate surface area is 115 Å². The number of carbonyl (C=O) groups excluding carboxylic acids is 1. The lowest BCUT2D eigenvalue weighted by Crippen LogP contribution is -2.16. The van der Waals surface area contributed by atoms with Gasteiger partial charge in [0, 0.05) is 24.3 Å². The molecule has 0 saturated carbocycles. The van der Waals surface area contributed by atoms with Crippen LogP contribution in [0, 0.1) is 12.2 Å². The molecular weight excluding hydrogens is 267 g/mol. The first kappa shape index (κ1) is 12.2. The van der Waals surface area contributed by atoms with Crippen LogP contribution in [-0.2, 0) is 6.54 Å². The summed E-state index contributed by atoms with van der Waals surface area (Å²) in [4.78, 5) is 12.1. The number of anilines is 1. The number of aromatic nitrogens is 1. The predicted octanol–water partition coefficient (Wildman–Crippen LogP) is 3.49. The Morgan fingerprint density at radius 1 is 1.32 bits per heavy atom. The van der Waals surface area contributed by atoms with Crippen molar-refractivity contribution in [3.8, 4) is 0 Å². The molecule has 0 spiro atoms. The highest BCUT2D eigenvalue weighted by atomic mass is 35.5. The molecule has 2 heterocycles. The number of carbonyl (C=O) groups is 1. The maximum absolute atomic E-state index is 13.0. The summed E-state index contributed by atoms with van der Waals surface area (Å²) in [5, 5.41) is 2.71. The molecule has 3 nitrogen and oxygen atoms in total. The van der Waals surface area contributed by atoms with Gasteiger partial charge in [-0.1, -0.05) is 11.6 Å². The Balaban J connectivity index is 1.83. The van der Waals surface area contributed by atoms with E-state index in [1.807, 2.05) is 10.6 Å². The summed E-state index contributed by atoms with van der Waals surface area (Å²) in [6, 6.07) is 7.81. The Morgan fingerprint density at radius 3 is 2.95 bits per heavy atom. The van der Waals surface area contributed by atoms with Crippen LogP contribution in [0.4, 0.5) is 10.1 Å². The lowest BCUT2D eigenvalue weighted by atomic mass is 10.3. The molecule has 0 saturated heterocycles. The van der Waals surface area contributed by atoms with Gasteiger partial charge >= 0.3 is 0 Å². The molecule has 0 aliphatic carbocycles. The number of fused-ring (bicyclic) bond motifs is 1. The fourth-order valence-electron chi connectivity index (χ4n) is 2.22. The summed E-state index contributed by atoms with van der Waals surface area (Å²) < 4.78 is 15.0. The van der Waals surface area contributed by atoms with E-state index in [0.29, 0.717) is 11.4 Å². The molecule has 1 amide bonds. The fourth-order valence-corrected chi connectivity index (χ4v) is 2.40. The number of hydrogen-bond acceptors (Lipinski definition) is 1. The summed E-state index contributed by atoms with van der Waals surface area (Å²) >= 11 is 5.68.